The second-order valence-electron chi connectivity index (χ2n) is 14.1. The molecule has 248 valence electrons. The van der Waals surface area contributed by atoms with Crippen LogP contribution in [-0.4, -0.2) is 0 Å². The highest BCUT2D eigenvalue weighted by Gasteiger charge is 2.46. The van der Waals surface area contributed by atoms with Gasteiger partial charge in [0.25, 0.3) is 0 Å². The number of fused-ring (bicyclic) bond motifs is 5. The fourth-order valence-corrected chi connectivity index (χ4v) is 8.81. The Hall–Kier alpha value is -5.86. The molecule has 0 heterocycles. The van der Waals surface area contributed by atoms with Gasteiger partial charge in [0.1, 0.15) is 0 Å². The molecule has 0 bridgehead atoms. The predicted molar refractivity (Wildman–Crippen MR) is 214 cm³/mol. The summed E-state index contributed by atoms with van der Waals surface area (Å²) >= 11 is 0. The number of rotatable bonds is 8. The van der Waals surface area contributed by atoms with Gasteiger partial charge in [0.2, 0.25) is 0 Å². The van der Waals surface area contributed by atoms with Crippen LogP contribution in [0.1, 0.15) is 60.8 Å². The van der Waals surface area contributed by atoms with Gasteiger partial charge in [-0.3, -0.25) is 0 Å². The second kappa shape index (κ2) is 13.1. The van der Waals surface area contributed by atoms with Crippen LogP contribution >= 0.6 is 0 Å². The quantitative estimate of drug-likeness (QED) is 0.160. The van der Waals surface area contributed by atoms with E-state index in [2.05, 4.69) is 199 Å². The van der Waals surface area contributed by atoms with E-state index >= 15 is 0 Å². The van der Waals surface area contributed by atoms with Crippen LogP contribution in [0.2, 0.25) is 0 Å². The zero-order valence-electron chi connectivity index (χ0n) is 29.1. The van der Waals surface area contributed by atoms with Gasteiger partial charge in [0.15, 0.2) is 0 Å². The Labute approximate surface area is 302 Å². The average Bonchev–Trinajstić information content (AvgIpc) is 3.81. The Kier molecular flexibility index (Phi) is 8.01. The predicted octanol–water partition coefficient (Wildman–Crippen LogP) is 13.6. The lowest BCUT2D eigenvalue weighted by atomic mass is 9.77. The molecule has 1 unspecified atom stereocenters. The van der Waals surface area contributed by atoms with Crippen molar-refractivity contribution in [3.05, 3.63) is 204 Å². The van der Waals surface area contributed by atoms with Gasteiger partial charge in [-0.1, -0.05) is 135 Å². The van der Waals surface area contributed by atoms with E-state index in [0.717, 1.165) is 17.1 Å². The van der Waals surface area contributed by atoms with E-state index in [1.54, 1.807) is 0 Å². The molecule has 1 saturated carbocycles. The largest absolute Gasteiger partial charge is 0.311 e. The molecular formula is C49H42N2. The minimum Gasteiger partial charge on any atom is -0.311 e. The molecule has 2 aliphatic rings. The fraction of sp³-hybridized carbons (Fsp3) is 0.143. The smallest absolute Gasteiger partial charge is 0.0543 e. The monoisotopic (exact) mass is 658 g/mol. The van der Waals surface area contributed by atoms with Gasteiger partial charge < -0.3 is 9.80 Å². The molecule has 0 amide bonds. The first-order valence-electron chi connectivity index (χ1n) is 18.4. The highest BCUT2D eigenvalue weighted by molar-refractivity contribution is 5.95. The molecule has 7 aromatic rings. The van der Waals surface area contributed by atoms with Crippen molar-refractivity contribution in [2.45, 2.75) is 43.9 Å². The third-order valence-electron chi connectivity index (χ3n) is 11.3. The van der Waals surface area contributed by atoms with Crippen molar-refractivity contribution in [1.82, 2.24) is 0 Å². The molecule has 2 aliphatic carbocycles. The highest BCUT2D eigenvalue weighted by Crippen LogP contribution is 2.59. The maximum atomic E-state index is 2.47. The van der Waals surface area contributed by atoms with E-state index in [1.807, 2.05) is 0 Å². The molecule has 0 aromatic heterocycles. The lowest BCUT2D eigenvalue weighted by Crippen LogP contribution is -2.20. The Morgan fingerprint density at radius 3 is 1.39 bits per heavy atom. The van der Waals surface area contributed by atoms with Crippen molar-refractivity contribution in [1.29, 1.82) is 0 Å². The van der Waals surface area contributed by atoms with Gasteiger partial charge in [0, 0.05) is 45.3 Å². The highest BCUT2D eigenvalue weighted by atomic mass is 15.1. The molecule has 0 N–H and O–H groups in total. The standard InChI is InChI=1S/C49H42N2/c1-36(37-26-30-42(31-27-37)50(39-16-5-2-6-17-39)40-18-7-3-8-19-40)38-28-32-43(33-29-38)51(41-20-9-4-10-21-41)47-25-15-24-46-48(47)44-22-11-12-23-45(44)49(46)34-13-14-35-49/h2-12,15-33,36H,13-14,34-35H2,1H3. The summed E-state index contributed by atoms with van der Waals surface area (Å²) in [7, 11) is 0. The molecule has 9 rings (SSSR count). The first-order valence-corrected chi connectivity index (χ1v) is 18.4. The van der Waals surface area contributed by atoms with E-state index in [0.29, 0.717) is 0 Å². The number of benzene rings is 7. The van der Waals surface area contributed by atoms with Crippen LogP contribution in [0, 0.1) is 0 Å². The summed E-state index contributed by atoms with van der Waals surface area (Å²) in [5.74, 6) is 0.246. The van der Waals surface area contributed by atoms with Gasteiger partial charge in [0.05, 0.1) is 5.69 Å². The van der Waals surface area contributed by atoms with Crippen molar-refractivity contribution >= 4 is 34.1 Å². The maximum Gasteiger partial charge on any atom is 0.0543 e. The molecule has 0 aliphatic heterocycles. The minimum atomic E-state index is 0.137. The summed E-state index contributed by atoms with van der Waals surface area (Å²) in [5, 5.41) is 0. The van der Waals surface area contributed by atoms with Crippen LogP contribution in [0.25, 0.3) is 11.1 Å². The number of hydrogen-bond acceptors (Lipinski definition) is 2. The van der Waals surface area contributed by atoms with Crippen molar-refractivity contribution in [3.63, 3.8) is 0 Å². The summed E-state index contributed by atoms with van der Waals surface area (Å²) in [6.07, 6.45) is 5.05. The summed E-state index contributed by atoms with van der Waals surface area (Å²) in [5.41, 5.74) is 15.6. The van der Waals surface area contributed by atoms with Gasteiger partial charge >= 0.3 is 0 Å². The number of nitrogens with zero attached hydrogens (tertiary/aromatic N) is 2. The lowest BCUT2D eigenvalue weighted by Gasteiger charge is -2.30. The van der Waals surface area contributed by atoms with Crippen LogP contribution in [0.5, 0.6) is 0 Å². The van der Waals surface area contributed by atoms with Crippen LogP contribution in [0.15, 0.2) is 182 Å². The molecule has 1 spiro atoms. The van der Waals surface area contributed by atoms with Crippen LogP contribution < -0.4 is 9.80 Å². The van der Waals surface area contributed by atoms with E-state index in [9.17, 15) is 0 Å². The summed E-state index contributed by atoms with van der Waals surface area (Å²) in [4.78, 5) is 4.78. The number of para-hydroxylation sites is 3. The zero-order chi connectivity index (χ0) is 34.2. The van der Waals surface area contributed by atoms with Crippen molar-refractivity contribution < 1.29 is 0 Å². The van der Waals surface area contributed by atoms with Crippen LogP contribution in [0.3, 0.4) is 0 Å². The number of anilines is 6. The molecule has 0 radical (unpaired) electrons. The topological polar surface area (TPSA) is 6.48 Å². The second-order valence-corrected chi connectivity index (χ2v) is 14.1. The van der Waals surface area contributed by atoms with Gasteiger partial charge in [-0.15, -0.1) is 0 Å². The Morgan fingerprint density at radius 2 is 0.843 bits per heavy atom. The third-order valence-corrected chi connectivity index (χ3v) is 11.3. The zero-order valence-corrected chi connectivity index (χ0v) is 29.1. The Balaban J connectivity index is 1.06. The van der Waals surface area contributed by atoms with Crippen molar-refractivity contribution in [2.75, 3.05) is 9.80 Å². The summed E-state index contributed by atoms with van der Waals surface area (Å²) in [6.45, 7) is 2.31. The minimum absolute atomic E-state index is 0.137. The number of hydrogen-bond donors (Lipinski definition) is 0. The average molecular weight is 659 g/mol. The van der Waals surface area contributed by atoms with Crippen LogP contribution in [-0.2, 0) is 5.41 Å². The summed E-state index contributed by atoms with van der Waals surface area (Å²) < 4.78 is 0. The molecule has 51 heavy (non-hydrogen) atoms. The first-order chi connectivity index (χ1) is 25.2. The molecule has 7 aromatic carbocycles. The molecular weight excluding hydrogens is 617 g/mol. The molecule has 2 heteroatoms. The lowest BCUT2D eigenvalue weighted by molar-refractivity contribution is 0.550. The van der Waals surface area contributed by atoms with Crippen LogP contribution in [0.4, 0.5) is 34.1 Å². The maximum absolute atomic E-state index is 2.47. The molecule has 1 fully saturated rings. The third kappa shape index (κ3) is 5.43. The van der Waals surface area contributed by atoms with Gasteiger partial charge in [-0.2, -0.15) is 0 Å². The summed E-state index contributed by atoms with van der Waals surface area (Å²) in [6, 6.07) is 66.6. The molecule has 1 atom stereocenters. The van der Waals surface area contributed by atoms with E-state index in [-0.39, 0.29) is 11.3 Å². The SMILES string of the molecule is CC(c1ccc(N(c2ccccc2)c2ccccc2)cc1)c1ccc(N(c2ccccc2)c2cccc3c2-c2ccccc2C32CCCC2)cc1. The van der Waals surface area contributed by atoms with Gasteiger partial charge in [-0.25, -0.2) is 0 Å². The van der Waals surface area contributed by atoms with Crippen molar-refractivity contribution in [2.24, 2.45) is 0 Å². The normalized spacial score (nSPS) is 14.5. The molecule has 2 nitrogen and oxygen atoms in total. The van der Waals surface area contributed by atoms with E-state index in [4.69, 9.17) is 0 Å². The van der Waals surface area contributed by atoms with Gasteiger partial charge in [-0.05, 0) is 107 Å². The first kappa shape index (κ1) is 31.1. The van der Waals surface area contributed by atoms with E-state index < -0.39 is 0 Å². The Bertz CT molecular complexity index is 2210. The van der Waals surface area contributed by atoms with Crippen molar-refractivity contribution in [3.8, 4) is 11.1 Å². The van der Waals surface area contributed by atoms with E-state index in [1.165, 1.54) is 76.1 Å². The fourth-order valence-electron chi connectivity index (χ4n) is 8.81. The Morgan fingerprint density at radius 1 is 0.412 bits per heavy atom. The molecule has 0 saturated heterocycles.